The van der Waals surface area contributed by atoms with Crippen molar-refractivity contribution in [2.75, 3.05) is 13.2 Å². The maximum atomic E-state index is 8.55. The highest BCUT2D eigenvalue weighted by molar-refractivity contribution is 5.97. The molecule has 4 N–H and O–H groups in total. The Morgan fingerprint density at radius 3 is 2.63 bits per heavy atom. The van der Waals surface area contributed by atoms with E-state index in [1.807, 2.05) is 12.1 Å². The molecule has 1 unspecified atom stereocenters. The molecule has 0 aliphatic heterocycles. The van der Waals surface area contributed by atoms with Crippen LogP contribution >= 0.6 is 0 Å². The zero-order chi connectivity index (χ0) is 13.9. The van der Waals surface area contributed by atoms with Crippen molar-refractivity contribution in [3.63, 3.8) is 0 Å². The van der Waals surface area contributed by atoms with Crippen molar-refractivity contribution in [2.45, 2.75) is 26.3 Å². The predicted molar refractivity (Wildman–Crippen MR) is 74.6 cm³/mol. The summed E-state index contributed by atoms with van der Waals surface area (Å²) in [4.78, 5) is 0. The van der Waals surface area contributed by atoms with Gasteiger partial charge in [0.05, 0.1) is 0 Å². The molecule has 0 spiro atoms. The molecule has 0 radical (unpaired) electrons. The summed E-state index contributed by atoms with van der Waals surface area (Å²) in [6.45, 7) is 6.00. The number of hydrogen-bond acceptors (Lipinski definition) is 4. The van der Waals surface area contributed by atoms with Crippen molar-refractivity contribution in [2.24, 2.45) is 16.3 Å². The van der Waals surface area contributed by atoms with E-state index in [0.29, 0.717) is 23.6 Å². The Balaban J connectivity index is 1.71. The molecule has 104 valence electrons. The minimum atomic E-state index is 0.101. The normalized spacial score (nSPS) is 21.2. The van der Waals surface area contributed by atoms with Crippen LogP contribution in [0, 0.1) is 5.41 Å². The van der Waals surface area contributed by atoms with Gasteiger partial charge in [-0.15, -0.1) is 0 Å². The number of benzene rings is 1. The lowest BCUT2D eigenvalue weighted by Crippen LogP contribution is -2.25. The molecule has 0 bridgehead atoms. The van der Waals surface area contributed by atoms with Crippen molar-refractivity contribution in [1.82, 2.24) is 5.32 Å². The fraction of sp³-hybridized carbons (Fsp3) is 0.500. The smallest absolute Gasteiger partial charge is 0.170 e. The van der Waals surface area contributed by atoms with Crippen LogP contribution in [-0.2, 0) is 0 Å². The minimum Gasteiger partial charge on any atom is -0.492 e. The van der Waals surface area contributed by atoms with E-state index in [2.05, 4.69) is 24.3 Å². The number of amidine groups is 1. The van der Waals surface area contributed by atoms with Crippen LogP contribution in [0.2, 0.25) is 0 Å². The van der Waals surface area contributed by atoms with Gasteiger partial charge in [0.25, 0.3) is 0 Å². The first kappa shape index (κ1) is 13.7. The third kappa shape index (κ3) is 3.61. The summed E-state index contributed by atoms with van der Waals surface area (Å²) in [6.07, 6.45) is 1.24. The van der Waals surface area contributed by atoms with E-state index in [1.165, 1.54) is 6.42 Å². The molecule has 5 heteroatoms. The first-order valence-corrected chi connectivity index (χ1v) is 6.47. The average molecular weight is 263 g/mol. The third-order valence-corrected chi connectivity index (χ3v) is 3.53. The van der Waals surface area contributed by atoms with Gasteiger partial charge in [0, 0.05) is 18.2 Å². The van der Waals surface area contributed by atoms with Crippen molar-refractivity contribution < 1.29 is 9.94 Å². The third-order valence-electron chi connectivity index (χ3n) is 3.53. The van der Waals surface area contributed by atoms with Crippen LogP contribution < -0.4 is 15.8 Å². The molecule has 1 fully saturated rings. The number of ether oxygens (including phenoxy) is 1. The second-order valence-electron chi connectivity index (χ2n) is 5.56. The molecule has 1 aliphatic rings. The molecule has 1 aliphatic carbocycles. The predicted octanol–water partition coefficient (Wildman–Crippen LogP) is 1.55. The average Bonchev–Trinajstić information content (AvgIpc) is 3.02. The number of nitrogens with two attached hydrogens (primary N) is 1. The zero-order valence-corrected chi connectivity index (χ0v) is 11.4. The van der Waals surface area contributed by atoms with E-state index in [4.69, 9.17) is 15.7 Å². The van der Waals surface area contributed by atoms with Gasteiger partial charge >= 0.3 is 0 Å². The van der Waals surface area contributed by atoms with E-state index < -0.39 is 0 Å². The Hall–Kier alpha value is -1.75. The van der Waals surface area contributed by atoms with Crippen LogP contribution in [-0.4, -0.2) is 30.2 Å². The summed E-state index contributed by atoms with van der Waals surface area (Å²) >= 11 is 0. The highest BCUT2D eigenvalue weighted by atomic mass is 16.5. The fourth-order valence-corrected chi connectivity index (χ4v) is 2.00. The Bertz CT molecular complexity index is 454. The topological polar surface area (TPSA) is 79.9 Å². The molecule has 0 heterocycles. The monoisotopic (exact) mass is 263 g/mol. The first-order valence-electron chi connectivity index (χ1n) is 6.47. The van der Waals surface area contributed by atoms with Gasteiger partial charge in [-0.05, 0) is 36.1 Å². The lowest BCUT2D eigenvalue weighted by molar-refractivity contribution is 0.310. The van der Waals surface area contributed by atoms with Crippen LogP contribution in [0.3, 0.4) is 0 Å². The molecule has 5 nitrogen and oxygen atoms in total. The first-order chi connectivity index (χ1) is 9.03. The number of rotatable bonds is 6. The largest absolute Gasteiger partial charge is 0.492 e. The number of hydrogen-bond donors (Lipinski definition) is 3. The molecule has 1 aromatic rings. The molecule has 0 aromatic heterocycles. The molecule has 1 aromatic carbocycles. The zero-order valence-electron chi connectivity index (χ0n) is 11.4. The summed E-state index contributed by atoms with van der Waals surface area (Å²) < 4.78 is 5.62. The molecule has 0 saturated heterocycles. The summed E-state index contributed by atoms with van der Waals surface area (Å²) in [5.41, 5.74) is 6.60. The van der Waals surface area contributed by atoms with Crippen molar-refractivity contribution >= 4 is 5.84 Å². The lowest BCUT2D eigenvalue weighted by Gasteiger charge is -2.09. The van der Waals surface area contributed by atoms with E-state index in [-0.39, 0.29) is 5.84 Å². The number of oxime groups is 1. The van der Waals surface area contributed by atoms with Crippen LogP contribution in [0.25, 0.3) is 0 Å². The van der Waals surface area contributed by atoms with E-state index >= 15 is 0 Å². The minimum absolute atomic E-state index is 0.101. The Kier molecular flexibility index (Phi) is 3.95. The van der Waals surface area contributed by atoms with Crippen LogP contribution in [0.15, 0.2) is 29.4 Å². The van der Waals surface area contributed by atoms with Gasteiger partial charge in [-0.3, -0.25) is 0 Å². The van der Waals surface area contributed by atoms with Gasteiger partial charge < -0.3 is 21.0 Å². The number of nitrogens with one attached hydrogen (secondary N) is 1. The summed E-state index contributed by atoms with van der Waals surface area (Å²) in [5.74, 6) is 0.885. The Morgan fingerprint density at radius 2 is 2.11 bits per heavy atom. The SMILES string of the molecule is CC1(C)CC1NCCOc1ccc(C(N)=NO)cc1. The Morgan fingerprint density at radius 1 is 1.47 bits per heavy atom. The maximum absolute atomic E-state index is 8.55. The molecule has 1 saturated carbocycles. The molecular weight excluding hydrogens is 242 g/mol. The molecular formula is C14H21N3O2. The van der Waals surface area contributed by atoms with Crippen molar-refractivity contribution in [1.29, 1.82) is 0 Å². The van der Waals surface area contributed by atoms with Crippen LogP contribution in [0.4, 0.5) is 0 Å². The highest BCUT2D eigenvalue weighted by Gasteiger charge is 2.44. The molecule has 1 atom stereocenters. The van der Waals surface area contributed by atoms with E-state index in [1.54, 1.807) is 12.1 Å². The second kappa shape index (κ2) is 5.48. The summed E-state index contributed by atoms with van der Waals surface area (Å²) in [6, 6.07) is 7.78. The lowest BCUT2D eigenvalue weighted by atomic mass is 10.2. The van der Waals surface area contributed by atoms with E-state index in [0.717, 1.165) is 12.3 Å². The second-order valence-corrected chi connectivity index (χ2v) is 5.56. The van der Waals surface area contributed by atoms with Gasteiger partial charge in [0.15, 0.2) is 5.84 Å². The van der Waals surface area contributed by atoms with Crippen molar-refractivity contribution in [3.05, 3.63) is 29.8 Å². The van der Waals surface area contributed by atoms with Crippen LogP contribution in [0.1, 0.15) is 25.8 Å². The standard InChI is InChI=1S/C14H21N3O2/c1-14(2)9-12(14)16-7-8-19-11-5-3-10(4-6-11)13(15)17-18/h3-6,12,16,18H,7-9H2,1-2H3,(H2,15,17). The van der Waals surface area contributed by atoms with Gasteiger partial charge in [-0.25, -0.2) is 0 Å². The molecule has 0 amide bonds. The van der Waals surface area contributed by atoms with E-state index in [9.17, 15) is 0 Å². The van der Waals surface area contributed by atoms with Gasteiger partial charge in [-0.1, -0.05) is 19.0 Å². The molecule has 19 heavy (non-hydrogen) atoms. The Labute approximate surface area is 113 Å². The van der Waals surface area contributed by atoms with Gasteiger partial charge in [-0.2, -0.15) is 0 Å². The summed E-state index contributed by atoms with van der Waals surface area (Å²) in [5, 5.41) is 15.0. The number of nitrogens with zero attached hydrogens (tertiary/aromatic N) is 1. The maximum Gasteiger partial charge on any atom is 0.170 e. The van der Waals surface area contributed by atoms with Gasteiger partial charge in [0.2, 0.25) is 0 Å². The van der Waals surface area contributed by atoms with Gasteiger partial charge in [0.1, 0.15) is 12.4 Å². The van der Waals surface area contributed by atoms with Crippen molar-refractivity contribution in [3.8, 4) is 5.75 Å². The quantitative estimate of drug-likeness (QED) is 0.239. The molecule has 2 rings (SSSR count). The fourth-order valence-electron chi connectivity index (χ4n) is 2.00. The highest BCUT2D eigenvalue weighted by Crippen LogP contribution is 2.44. The van der Waals surface area contributed by atoms with Crippen LogP contribution in [0.5, 0.6) is 5.75 Å². The summed E-state index contributed by atoms with van der Waals surface area (Å²) in [7, 11) is 0.